The first-order valence-electron chi connectivity index (χ1n) is 8.31. The molecule has 0 unspecified atom stereocenters. The van der Waals surface area contributed by atoms with E-state index in [2.05, 4.69) is 21.7 Å². The highest BCUT2D eigenvalue weighted by atomic mass is 16.1. The Balaban J connectivity index is 1.75. The van der Waals surface area contributed by atoms with Crippen LogP contribution in [0.2, 0.25) is 0 Å². The first-order chi connectivity index (χ1) is 12.2. The van der Waals surface area contributed by atoms with Gasteiger partial charge in [0, 0.05) is 31.4 Å². The van der Waals surface area contributed by atoms with Crippen LogP contribution in [0.15, 0.2) is 63.8 Å². The summed E-state index contributed by atoms with van der Waals surface area (Å²) in [6.07, 6.45) is 6.49. The van der Waals surface area contributed by atoms with Gasteiger partial charge < -0.3 is 10.6 Å². The quantitative estimate of drug-likeness (QED) is 0.889. The number of hydrogen-bond donors (Lipinski definition) is 2. The SMILES string of the molecule is Cc1cccc(C(=O)NCC2=CCNC(C3=CC=NCC3)=C2C#N)c1. The number of hydrogen-bond acceptors (Lipinski definition) is 4. The first kappa shape index (κ1) is 16.7. The summed E-state index contributed by atoms with van der Waals surface area (Å²) in [5, 5.41) is 15.8. The lowest BCUT2D eigenvalue weighted by atomic mass is 9.95. The van der Waals surface area contributed by atoms with Gasteiger partial charge >= 0.3 is 0 Å². The number of rotatable bonds is 4. The molecule has 1 aromatic carbocycles. The number of allylic oxidation sites excluding steroid dienone is 2. The van der Waals surface area contributed by atoms with Gasteiger partial charge in [-0.15, -0.1) is 0 Å². The molecule has 2 aliphatic rings. The van der Waals surface area contributed by atoms with Gasteiger partial charge in [0.2, 0.25) is 0 Å². The van der Waals surface area contributed by atoms with E-state index < -0.39 is 0 Å². The van der Waals surface area contributed by atoms with Crippen molar-refractivity contribution in [2.24, 2.45) is 4.99 Å². The molecule has 0 aliphatic carbocycles. The fourth-order valence-corrected chi connectivity index (χ4v) is 2.95. The van der Waals surface area contributed by atoms with Crippen molar-refractivity contribution in [2.45, 2.75) is 13.3 Å². The Hall–Kier alpha value is -3.13. The van der Waals surface area contributed by atoms with Crippen molar-refractivity contribution < 1.29 is 4.79 Å². The van der Waals surface area contributed by atoms with Gasteiger partial charge in [-0.2, -0.15) is 5.26 Å². The molecule has 2 N–H and O–H groups in total. The van der Waals surface area contributed by atoms with Crippen LogP contribution in [0.5, 0.6) is 0 Å². The zero-order chi connectivity index (χ0) is 17.6. The van der Waals surface area contributed by atoms with E-state index in [1.165, 1.54) is 0 Å². The largest absolute Gasteiger partial charge is 0.380 e. The van der Waals surface area contributed by atoms with Crippen LogP contribution in [0.4, 0.5) is 0 Å². The molecule has 0 saturated heterocycles. The molecule has 0 spiro atoms. The Morgan fingerprint density at radius 1 is 1.44 bits per heavy atom. The molecule has 25 heavy (non-hydrogen) atoms. The van der Waals surface area contributed by atoms with Crippen LogP contribution in [0.25, 0.3) is 0 Å². The monoisotopic (exact) mass is 332 g/mol. The number of aryl methyl sites for hydroxylation is 1. The normalized spacial score (nSPS) is 16.5. The maximum atomic E-state index is 12.3. The van der Waals surface area contributed by atoms with Gasteiger partial charge in [-0.1, -0.05) is 23.8 Å². The van der Waals surface area contributed by atoms with Gasteiger partial charge in [-0.25, -0.2) is 0 Å². The van der Waals surface area contributed by atoms with Crippen molar-refractivity contribution in [3.63, 3.8) is 0 Å². The van der Waals surface area contributed by atoms with Crippen LogP contribution in [0, 0.1) is 18.3 Å². The zero-order valence-corrected chi connectivity index (χ0v) is 14.2. The smallest absolute Gasteiger partial charge is 0.251 e. The first-order valence-corrected chi connectivity index (χ1v) is 8.31. The number of aliphatic imine (C=N–C) groups is 1. The molecule has 2 heterocycles. The third-order valence-electron chi connectivity index (χ3n) is 4.24. The highest BCUT2D eigenvalue weighted by molar-refractivity contribution is 5.94. The number of amides is 1. The number of dihydropyridines is 2. The minimum absolute atomic E-state index is 0.133. The fraction of sp³-hybridized carbons (Fsp3) is 0.250. The minimum Gasteiger partial charge on any atom is -0.380 e. The summed E-state index contributed by atoms with van der Waals surface area (Å²) >= 11 is 0. The topological polar surface area (TPSA) is 77.3 Å². The molecule has 1 amide bonds. The standard InChI is InChI=1S/C20H20N4O/c1-14-3-2-4-16(11-14)20(25)24-13-17-7-10-23-19(18(17)12-21)15-5-8-22-9-6-15/h2-5,7-8,11,23H,6,9-10,13H2,1H3,(H,24,25). The van der Waals surface area contributed by atoms with Crippen LogP contribution < -0.4 is 10.6 Å². The Labute approximate surface area is 147 Å². The molecule has 2 aliphatic heterocycles. The molecule has 0 radical (unpaired) electrons. The average molecular weight is 332 g/mol. The van der Waals surface area contributed by atoms with Crippen molar-refractivity contribution in [1.82, 2.24) is 10.6 Å². The Morgan fingerprint density at radius 3 is 3.04 bits per heavy atom. The molecule has 0 aromatic heterocycles. The molecule has 126 valence electrons. The van der Waals surface area contributed by atoms with Crippen LogP contribution in [0.1, 0.15) is 22.3 Å². The number of nitrogens with zero attached hydrogens (tertiary/aromatic N) is 2. The van der Waals surface area contributed by atoms with E-state index in [0.29, 0.717) is 24.2 Å². The van der Waals surface area contributed by atoms with Crippen LogP contribution in [0.3, 0.4) is 0 Å². The van der Waals surface area contributed by atoms with Crippen molar-refractivity contribution in [1.29, 1.82) is 5.26 Å². The van der Waals surface area contributed by atoms with E-state index in [-0.39, 0.29) is 5.91 Å². The Morgan fingerprint density at radius 2 is 2.32 bits per heavy atom. The van der Waals surface area contributed by atoms with Crippen molar-refractivity contribution in [2.75, 3.05) is 19.6 Å². The summed E-state index contributed by atoms with van der Waals surface area (Å²) in [5.74, 6) is -0.133. The summed E-state index contributed by atoms with van der Waals surface area (Å²) in [6, 6.07) is 9.75. The number of nitriles is 1. The average Bonchev–Trinajstić information content (AvgIpc) is 2.66. The third kappa shape index (κ3) is 3.86. The predicted octanol–water partition coefficient (Wildman–Crippen LogP) is 2.43. The highest BCUT2D eigenvalue weighted by Crippen LogP contribution is 2.24. The van der Waals surface area contributed by atoms with Crippen molar-refractivity contribution in [3.05, 3.63) is 70.0 Å². The Kier molecular flexibility index (Phi) is 5.10. The molecule has 1 aromatic rings. The van der Waals surface area contributed by atoms with E-state index >= 15 is 0 Å². The van der Waals surface area contributed by atoms with Crippen LogP contribution in [-0.4, -0.2) is 31.8 Å². The number of benzene rings is 1. The number of carbonyl (C=O) groups is 1. The van der Waals surface area contributed by atoms with Gasteiger partial charge in [0.15, 0.2) is 0 Å². The molecule has 0 fully saturated rings. The van der Waals surface area contributed by atoms with E-state index in [0.717, 1.165) is 35.4 Å². The molecule has 0 saturated carbocycles. The second-order valence-electron chi connectivity index (χ2n) is 6.02. The predicted molar refractivity (Wildman–Crippen MR) is 98.3 cm³/mol. The fourth-order valence-electron chi connectivity index (χ4n) is 2.95. The Bertz CT molecular complexity index is 853. The van der Waals surface area contributed by atoms with Crippen LogP contribution >= 0.6 is 0 Å². The molecular weight excluding hydrogens is 312 g/mol. The van der Waals surface area contributed by atoms with Gasteiger partial charge in [-0.05, 0) is 42.7 Å². The number of carbonyl (C=O) groups excluding carboxylic acids is 1. The van der Waals surface area contributed by atoms with E-state index in [4.69, 9.17) is 0 Å². The maximum Gasteiger partial charge on any atom is 0.251 e. The molecule has 0 bridgehead atoms. The second kappa shape index (κ2) is 7.63. The summed E-state index contributed by atoms with van der Waals surface area (Å²) in [6.45, 7) is 3.67. The molecule has 5 nitrogen and oxygen atoms in total. The van der Waals surface area contributed by atoms with Crippen molar-refractivity contribution in [3.8, 4) is 6.07 Å². The second-order valence-corrected chi connectivity index (χ2v) is 6.02. The lowest BCUT2D eigenvalue weighted by Gasteiger charge is -2.22. The van der Waals surface area contributed by atoms with E-state index in [1.807, 2.05) is 37.3 Å². The summed E-state index contributed by atoms with van der Waals surface area (Å²) in [4.78, 5) is 16.5. The van der Waals surface area contributed by atoms with E-state index in [9.17, 15) is 10.1 Å². The lowest BCUT2D eigenvalue weighted by Crippen LogP contribution is -2.30. The summed E-state index contributed by atoms with van der Waals surface area (Å²) in [5.41, 5.74) is 5.05. The minimum atomic E-state index is -0.133. The zero-order valence-electron chi connectivity index (χ0n) is 14.2. The molecule has 0 atom stereocenters. The maximum absolute atomic E-state index is 12.3. The summed E-state index contributed by atoms with van der Waals surface area (Å²) < 4.78 is 0. The van der Waals surface area contributed by atoms with Crippen molar-refractivity contribution >= 4 is 12.1 Å². The van der Waals surface area contributed by atoms with Crippen LogP contribution in [-0.2, 0) is 0 Å². The van der Waals surface area contributed by atoms with Gasteiger partial charge in [0.25, 0.3) is 5.91 Å². The van der Waals surface area contributed by atoms with Gasteiger partial charge in [0.05, 0.1) is 11.3 Å². The summed E-state index contributed by atoms with van der Waals surface area (Å²) in [7, 11) is 0. The third-order valence-corrected chi connectivity index (χ3v) is 4.24. The molecule has 5 heteroatoms. The van der Waals surface area contributed by atoms with Gasteiger partial charge in [-0.3, -0.25) is 9.79 Å². The highest BCUT2D eigenvalue weighted by Gasteiger charge is 2.20. The molecular formula is C20H20N4O. The van der Waals surface area contributed by atoms with Gasteiger partial charge in [0.1, 0.15) is 6.07 Å². The molecule has 3 rings (SSSR count). The van der Waals surface area contributed by atoms with E-state index in [1.54, 1.807) is 12.3 Å². The number of nitrogens with one attached hydrogen (secondary N) is 2. The lowest BCUT2D eigenvalue weighted by molar-refractivity contribution is 0.0957.